The molecule has 0 atom stereocenters. The van der Waals surface area contributed by atoms with E-state index in [4.69, 9.17) is 28.4 Å². The van der Waals surface area contributed by atoms with Crippen LogP contribution in [-0.2, 0) is 33.2 Å². The van der Waals surface area contributed by atoms with E-state index in [1.165, 1.54) is 54.4 Å². The maximum atomic E-state index is 12.2. The van der Waals surface area contributed by atoms with E-state index in [9.17, 15) is 9.59 Å². The zero-order chi connectivity index (χ0) is 31.8. The van der Waals surface area contributed by atoms with Gasteiger partial charge in [-0.25, -0.2) is 4.79 Å². The lowest BCUT2D eigenvalue weighted by Crippen LogP contribution is -2.27. The van der Waals surface area contributed by atoms with E-state index in [-0.39, 0.29) is 18.5 Å². The number of benzene rings is 2. The lowest BCUT2D eigenvalue weighted by Gasteiger charge is -2.14. The number of amides is 1. The molecular weight excluding hydrogens is 574 g/mol. The molecule has 0 heterocycles. The van der Waals surface area contributed by atoms with Crippen molar-refractivity contribution >= 4 is 12.1 Å². The molecule has 0 aromatic heterocycles. The van der Waals surface area contributed by atoms with Gasteiger partial charge in [-0.15, -0.1) is 0 Å². The molecule has 0 fully saturated rings. The summed E-state index contributed by atoms with van der Waals surface area (Å²) in [7, 11) is 0. The van der Waals surface area contributed by atoms with Crippen molar-refractivity contribution in [2.75, 3.05) is 72.6 Å². The number of nitrogens with one attached hydrogen (secondary N) is 1. The Kier molecular flexibility index (Phi) is 18.9. The van der Waals surface area contributed by atoms with Gasteiger partial charge in [-0.2, -0.15) is 0 Å². The summed E-state index contributed by atoms with van der Waals surface area (Å²) in [6, 6.07) is 16.6. The second-order valence-corrected chi connectivity index (χ2v) is 11.1. The van der Waals surface area contributed by atoms with Gasteiger partial charge in [0.25, 0.3) is 0 Å². The van der Waals surface area contributed by atoms with Crippen molar-refractivity contribution < 1.29 is 38.0 Å². The zero-order valence-electron chi connectivity index (χ0n) is 27.1. The van der Waals surface area contributed by atoms with Gasteiger partial charge in [0.2, 0.25) is 0 Å². The van der Waals surface area contributed by atoms with Crippen molar-refractivity contribution in [3.05, 3.63) is 59.7 Å². The predicted molar refractivity (Wildman–Crippen MR) is 175 cm³/mol. The van der Waals surface area contributed by atoms with Crippen molar-refractivity contribution in [1.29, 1.82) is 0 Å². The van der Waals surface area contributed by atoms with Crippen molar-refractivity contribution in [2.45, 2.75) is 70.6 Å². The van der Waals surface area contributed by atoms with Crippen LogP contribution >= 0.6 is 0 Å². The fourth-order valence-corrected chi connectivity index (χ4v) is 5.29. The smallest absolute Gasteiger partial charge is 0.407 e. The number of esters is 1. The van der Waals surface area contributed by atoms with Gasteiger partial charge in [0, 0.05) is 25.5 Å². The molecule has 2 aromatic rings. The Morgan fingerprint density at radius 3 is 1.71 bits per heavy atom. The van der Waals surface area contributed by atoms with Crippen molar-refractivity contribution in [1.82, 2.24) is 5.32 Å². The standard InChI is InChI=1S/C36H53NO8/c1-2-3-4-5-6-7-8-18-35(38)44-28-27-43-26-25-42-24-23-41-22-21-40-20-13-19-37-36(39)45-29-34-32-16-11-9-14-30(32)31-15-10-12-17-33(31)34/h9-12,14-17,34H,2-8,13,18-29H2,1H3,(H,37,39). The summed E-state index contributed by atoms with van der Waals surface area (Å²) in [5, 5.41) is 2.80. The molecule has 0 saturated heterocycles. The fraction of sp³-hybridized carbons (Fsp3) is 0.611. The first kappa shape index (κ1) is 36.5. The van der Waals surface area contributed by atoms with E-state index >= 15 is 0 Å². The van der Waals surface area contributed by atoms with Crippen LogP contribution in [0.4, 0.5) is 4.79 Å². The number of unbranched alkanes of at least 4 members (excludes halogenated alkanes) is 6. The van der Waals surface area contributed by atoms with Crippen molar-refractivity contribution in [2.24, 2.45) is 0 Å². The Labute approximate surface area is 269 Å². The van der Waals surface area contributed by atoms with Crippen LogP contribution < -0.4 is 5.32 Å². The van der Waals surface area contributed by atoms with Crippen LogP contribution in [0.1, 0.15) is 81.8 Å². The number of carbonyl (C=O) groups is 2. The number of ether oxygens (including phenoxy) is 6. The molecule has 1 aliphatic carbocycles. The first-order valence-corrected chi connectivity index (χ1v) is 16.8. The molecular formula is C36H53NO8. The number of hydrogen-bond acceptors (Lipinski definition) is 8. The van der Waals surface area contributed by atoms with Gasteiger partial charge in [0.1, 0.15) is 13.2 Å². The van der Waals surface area contributed by atoms with Gasteiger partial charge in [0.05, 0.1) is 46.2 Å². The minimum atomic E-state index is -0.414. The Hall–Kier alpha value is -2.98. The van der Waals surface area contributed by atoms with Crippen LogP contribution in [0.15, 0.2) is 48.5 Å². The third kappa shape index (κ3) is 14.8. The average Bonchev–Trinajstić information content (AvgIpc) is 3.38. The maximum Gasteiger partial charge on any atom is 0.407 e. The molecule has 0 spiro atoms. The number of carbonyl (C=O) groups excluding carboxylic acids is 2. The van der Waals surface area contributed by atoms with E-state index in [1.807, 2.05) is 24.3 Å². The molecule has 1 N–H and O–H groups in total. The molecule has 9 nitrogen and oxygen atoms in total. The normalized spacial score (nSPS) is 12.1. The topological polar surface area (TPSA) is 102 Å². The van der Waals surface area contributed by atoms with Gasteiger partial charge >= 0.3 is 12.1 Å². The number of hydrogen-bond donors (Lipinski definition) is 1. The number of rotatable bonds is 26. The van der Waals surface area contributed by atoms with Gasteiger partial charge in [0.15, 0.2) is 0 Å². The first-order chi connectivity index (χ1) is 22.2. The molecule has 250 valence electrons. The Morgan fingerprint density at radius 2 is 1.11 bits per heavy atom. The largest absolute Gasteiger partial charge is 0.463 e. The highest BCUT2D eigenvalue weighted by Crippen LogP contribution is 2.44. The third-order valence-electron chi connectivity index (χ3n) is 7.67. The Balaban J connectivity index is 1.04. The zero-order valence-corrected chi connectivity index (χ0v) is 27.1. The second-order valence-electron chi connectivity index (χ2n) is 11.1. The molecule has 0 unspecified atom stereocenters. The molecule has 1 amide bonds. The molecule has 0 bridgehead atoms. The van der Waals surface area contributed by atoms with Crippen LogP contribution in [0.2, 0.25) is 0 Å². The predicted octanol–water partition coefficient (Wildman–Crippen LogP) is 6.67. The van der Waals surface area contributed by atoms with Crippen LogP contribution in [0.5, 0.6) is 0 Å². The Morgan fingerprint density at radius 1 is 0.600 bits per heavy atom. The van der Waals surface area contributed by atoms with Gasteiger partial charge < -0.3 is 33.7 Å². The monoisotopic (exact) mass is 627 g/mol. The summed E-state index contributed by atoms with van der Waals surface area (Å²) in [4.78, 5) is 24.0. The second kappa shape index (κ2) is 23.4. The lowest BCUT2D eigenvalue weighted by atomic mass is 9.98. The van der Waals surface area contributed by atoms with Crippen molar-refractivity contribution in [3.8, 4) is 11.1 Å². The first-order valence-electron chi connectivity index (χ1n) is 16.8. The van der Waals surface area contributed by atoms with Crippen LogP contribution in [0.3, 0.4) is 0 Å². The van der Waals surface area contributed by atoms with Crippen LogP contribution in [-0.4, -0.2) is 84.7 Å². The van der Waals surface area contributed by atoms with Gasteiger partial charge in [-0.05, 0) is 35.1 Å². The SMILES string of the molecule is CCCCCCCCCC(=O)OCCOCCOCCOCCOCCCNC(=O)OCC1c2ccccc2-c2ccccc21. The van der Waals surface area contributed by atoms with Gasteiger partial charge in [-0.3, -0.25) is 4.79 Å². The Bertz CT molecular complexity index is 1050. The summed E-state index contributed by atoms with van der Waals surface area (Å²) < 4.78 is 32.7. The summed E-state index contributed by atoms with van der Waals surface area (Å²) in [5.41, 5.74) is 4.81. The highest BCUT2D eigenvalue weighted by Gasteiger charge is 2.28. The summed E-state index contributed by atoms with van der Waals surface area (Å²) in [6.45, 7) is 6.99. The molecule has 0 radical (unpaired) electrons. The summed E-state index contributed by atoms with van der Waals surface area (Å²) >= 11 is 0. The van der Waals surface area contributed by atoms with E-state index in [0.717, 1.165) is 12.8 Å². The minimum absolute atomic E-state index is 0.0532. The molecule has 2 aromatic carbocycles. The highest BCUT2D eigenvalue weighted by atomic mass is 16.6. The number of alkyl carbamates (subject to hydrolysis) is 1. The minimum Gasteiger partial charge on any atom is -0.463 e. The number of fused-ring (bicyclic) bond motifs is 3. The molecule has 0 aliphatic heterocycles. The summed E-state index contributed by atoms with van der Waals surface area (Å²) in [6.07, 6.45) is 9.05. The van der Waals surface area contributed by atoms with E-state index < -0.39 is 6.09 Å². The third-order valence-corrected chi connectivity index (χ3v) is 7.67. The van der Waals surface area contributed by atoms with E-state index in [2.05, 4.69) is 36.5 Å². The highest BCUT2D eigenvalue weighted by molar-refractivity contribution is 5.79. The molecule has 45 heavy (non-hydrogen) atoms. The van der Waals surface area contributed by atoms with E-state index in [1.54, 1.807) is 0 Å². The van der Waals surface area contributed by atoms with Crippen LogP contribution in [0, 0.1) is 0 Å². The average molecular weight is 628 g/mol. The molecule has 1 aliphatic rings. The molecule has 9 heteroatoms. The lowest BCUT2D eigenvalue weighted by molar-refractivity contribution is -0.145. The van der Waals surface area contributed by atoms with Crippen LogP contribution in [0.25, 0.3) is 11.1 Å². The molecule has 0 saturated carbocycles. The van der Waals surface area contributed by atoms with Crippen molar-refractivity contribution in [3.63, 3.8) is 0 Å². The maximum absolute atomic E-state index is 12.2. The fourth-order valence-electron chi connectivity index (χ4n) is 5.29. The summed E-state index contributed by atoms with van der Waals surface area (Å²) in [5.74, 6) is -0.0906. The van der Waals surface area contributed by atoms with Gasteiger partial charge in [-0.1, -0.05) is 94.0 Å². The molecule has 3 rings (SSSR count). The van der Waals surface area contributed by atoms with E-state index in [0.29, 0.717) is 78.8 Å². The quantitative estimate of drug-likeness (QED) is 0.0912.